The maximum Gasteiger partial charge on any atom is 0.145 e. The zero-order valence-corrected chi connectivity index (χ0v) is 10.8. The summed E-state index contributed by atoms with van der Waals surface area (Å²) in [5.74, 6) is 0.799. The summed E-state index contributed by atoms with van der Waals surface area (Å²) in [7, 11) is 0. The minimum Gasteiger partial charge on any atom is -0.490 e. The molecule has 1 aliphatic carbocycles. The fourth-order valence-corrected chi connectivity index (χ4v) is 2.16. The van der Waals surface area contributed by atoms with Crippen molar-refractivity contribution in [2.24, 2.45) is 0 Å². The van der Waals surface area contributed by atoms with E-state index in [1.165, 1.54) is 12.8 Å². The van der Waals surface area contributed by atoms with Crippen molar-refractivity contribution in [2.45, 2.75) is 18.9 Å². The van der Waals surface area contributed by atoms with E-state index in [0.717, 1.165) is 23.2 Å². The lowest BCUT2D eigenvalue weighted by Crippen LogP contribution is -2.22. The van der Waals surface area contributed by atoms with E-state index in [9.17, 15) is 0 Å². The average Bonchev–Trinajstić information content (AvgIpc) is 3.21. The molecule has 2 aromatic rings. The van der Waals surface area contributed by atoms with Gasteiger partial charge in [0.1, 0.15) is 17.9 Å². The first-order chi connectivity index (χ1) is 8.84. The van der Waals surface area contributed by atoms with Crippen molar-refractivity contribution in [3.05, 3.63) is 35.5 Å². The number of benzene rings is 1. The monoisotopic (exact) mass is 262 g/mol. The van der Waals surface area contributed by atoms with Crippen LogP contribution in [-0.4, -0.2) is 24.2 Å². The Morgan fingerprint density at radius 3 is 3.06 bits per heavy atom. The Bertz CT molecular complexity index is 554. The number of pyridine rings is 1. The highest BCUT2D eigenvalue weighted by atomic mass is 35.5. The van der Waals surface area contributed by atoms with E-state index in [0.29, 0.717) is 17.7 Å². The highest BCUT2D eigenvalue weighted by Gasteiger charge is 2.19. The molecule has 1 heterocycles. The highest BCUT2D eigenvalue weighted by molar-refractivity contribution is 6.35. The second kappa shape index (κ2) is 5.12. The largest absolute Gasteiger partial charge is 0.490 e. The van der Waals surface area contributed by atoms with Gasteiger partial charge in [0.25, 0.3) is 0 Å². The van der Waals surface area contributed by atoms with Gasteiger partial charge < -0.3 is 10.1 Å². The average molecular weight is 263 g/mol. The summed E-state index contributed by atoms with van der Waals surface area (Å²) in [5.41, 5.74) is 0.830. The van der Waals surface area contributed by atoms with E-state index < -0.39 is 0 Å². The molecule has 1 fully saturated rings. The Kier molecular flexibility index (Phi) is 3.35. The minimum atomic E-state index is 0.657. The number of nitrogens with one attached hydrogen (secondary N) is 1. The van der Waals surface area contributed by atoms with Crippen molar-refractivity contribution in [1.82, 2.24) is 10.3 Å². The standard InChI is InChI=1S/C14H15ClN2O/c15-12-5-6-13(14-11(12)2-1-7-17-14)18-9-8-16-10-3-4-10/h1-2,5-7,10,16H,3-4,8-9H2. The molecule has 0 unspecified atom stereocenters. The van der Waals surface area contributed by atoms with Crippen molar-refractivity contribution >= 4 is 22.5 Å². The second-order valence-electron chi connectivity index (χ2n) is 4.52. The molecule has 0 radical (unpaired) electrons. The molecule has 0 atom stereocenters. The normalized spacial score (nSPS) is 14.9. The molecule has 0 bridgehead atoms. The quantitative estimate of drug-likeness (QED) is 0.841. The van der Waals surface area contributed by atoms with Crippen molar-refractivity contribution in [3.8, 4) is 5.75 Å². The van der Waals surface area contributed by atoms with Gasteiger partial charge in [0.05, 0.1) is 5.02 Å². The lowest BCUT2D eigenvalue weighted by atomic mass is 10.2. The number of nitrogens with zero attached hydrogens (tertiary/aromatic N) is 1. The highest BCUT2D eigenvalue weighted by Crippen LogP contribution is 2.29. The summed E-state index contributed by atoms with van der Waals surface area (Å²) in [4.78, 5) is 4.34. The van der Waals surface area contributed by atoms with E-state index in [4.69, 9.17) is 16.3 Å². The first-order valence-electron chi connectivity index (χ1n) is 6.24. The number of fused-ring (bicyclic) bond motifs is 1. The molecule has 3 nitrogen and oxygen atoms in total. The number of hydrogen-bond donors (Lipinski definition) is 1. The summed E-state index contributed by atoms with van der Waals surface area (Å²) < 4.78 is 5.77. The van der Waals surface area contributed by atoms with Gasteiger partial charge in [-0.25, -0.2) is 0 Å². The molecule has 1 aromatic heterocycles. The number of halogens is 1. The third-order valence-electron chi connectivity index (χ3n) is 3.05. The Balaban J connectivity index is 1.72. The Hall–Kier alpha value is -1.32. The molecule has 1 aliphatic rings. The fourth-order valence-electron chi connectivity index (χ4n) is 1.94. The Morgan fingerprint density at radius 2 is 2.22 bits per heavy atom. The van der Waals surface area contributed by atoms with Crippen LogP contribution < -0.4 is 10.1 Å². The summed E-state index contributed by atoms with van der Waals surface area (Å²) in [6, 6.07) is 8.30. The van der Waals surface area contributed by atoms with Crippen molar-refractivity contribution < 1.29 is 4.74 Å². The molecule has 4 heteroatoms. The molecule has 0 aliphatic heterocycles. The van der Waals surface area contributed by atoms with Crippen LogP contribution in [0.2, 0.25) is 5.02 Å². The zero-order valence-electron chi connectivity index (χ0n) is 10.0. The first kappa shape index (κ1) is 11.8. The molecule has 94 valence electrons. The molecule has 3 rings (SSSR count). The molecule has 0 saturated heterocycles. The Labute approximate surface area is 111 Å². The van der Waals surface area contributed by atoms with Gasteiger partial charge in [0.2, 0.25) is 0 Å². The zero-order chi connectivity index (χ0) is 12.4. The van der Waals surface area contributed by atoms with Crippen LogP contribution in [0.15, 0.2) is 30.5 Å². The third-order valence-corrected chi connectivity index (χ3v) is 3.38. The van der Waals surface area contributed by atoms with E-state index in [-0.39, 0.29) is 0 Å². The maximum absolute atomic E-state index is 6.13. The number of rotatable bonds is 5. The third kappa shape index (κ3) is 2.57. The lowest BCUT2D eigenvalue weighted by molar-refractivity contribution is 0.316. The van der Waals surface area contributed by atoms with E-state index >= 15 is 0 Å². The molecular weight excluding hydrogens is 248 g/mol. The minimum absolute atomic E-state index is 0.657. The summed E-state index contributed by atoms with van der Waals surface area (Å²) in [5, 5.41) is 5.06. The predicted octanol–water partition coefficient (Wildman–Crippen LogP) is 3.02. The summed E-state index contributed by atoms with van der Waals surface area (Å²) in [6.07, 6.45) is 4.35. The van der Waals surface area contributed by atoms with Crippen molar-refractivity contribution in [1.29, 1.82) is 0 Å². The van der Waals surface area contributed by atoms with E-state index in [1.807, 2.05) is 24.3 Å². The number of hydrogen-bond acceptors (Lipinski definition) is 3. The van der Waals surface area contributed by atoms with Gasteiger partial charge in [-0.3, -0.25) is 4.98 Å². The van der Waals surface area contributed by atoms with Gasteiger partial charge in [0, 0.05) is 24.2 Å². The SMILES string of the molecule is Clc1ccc(OCCNC2CC2)c2ncccc12. The van der Waals surface area contributed by atoms with Crippen LogP contribution in [-0.2, 0) is 0 Å². The van der Waals surface area contributed by atoms with Crippen molar-refractivity contribution in [3.63, 3.8) is 0 Å². The maximum atomic E-state index is 6.13. The molecule has 1 N–H and O–H groups in total. The molecule has 18 heavy (non-hydrogen) atoms. The predicted molar refractivity (Wildman–Crippen MR) is 73.3 cm³/mol. The fraction of sp³-hybridized carbons (Fsp3) is 0.357. The van der Waals surface area contributed by atoms with Gasteiger partial charge in [0.15, 0.2) is 0 Å². The van der Waals surface area contributed by atoms with Crippen LogP contribution in [0.25, 0.3) is 10.9 Å². The molecule has 1 aromatic carbocycles. The molecule has 0 spiro atoms. The first-order valence-corrected chi connectivity index (χ1v) is 6.62. The molecular formula is C14H15ClN2O. The number of aromatic nitrogens is 1. The van der Waals surface area contributed by atoms with Gasteiger partial charge in [-0.1, -0.05) is 11.6 Å². The lowest BCUT2D eigenvalue weighted by Gasteiger charge is -2.09. The molecule has 0 amide bonds. The smallest absolute Gasteiger partial charge is 0.145 e. The number of ether oxygens (including phenoxy) is 1. The molecule has 1 saturated carbocycles. The van der Waals surface area contributed by atoms with Crippen LogP contribution in [0.1, 0.15) is 12.8 Å². The van der Waals surface area contributed by atoms with Gasteiger partial charge in [-0.2, -0.15) is 0 Å². The second-order valence-corrected chi connectivity index (χ2v) is 4.93. The van der Waals surface area contributed by atoms with Gasteiger partial charge >= 0.3 is 0 Å². The van der Waals surface area contributed by atoms with E-state index in [2.05, 4.69) is 10.3 Å². The van der Waals surface area contributed by atoms with Gasteiger partial charge in [-0.05, 0) is 37.1 Å². The topological polar surface area (TPSA) is 34.1 Å². The Morgan fingerprint density at radius 1 is 1.33 bits per heavy atom. The van der Waals surface area contributed by atoms with E-state index in [1.54, 1.807) is 6.20 Å². The van der Waals surface area contributed by atoms with Crippen LogP contribution >= 0.6 is 11.6 Å². The van der Waals surface area contributed by atoms with Crippen LogP contribution in [0.3, 0.4) is 0 Å². The van der Waals surface area contributed by atoms with Crippen LogP contribution in [0, 0.1) is 0 Å². The van der Waals surface area contributed by atoms with Gasteiger partial charge in [-0.15, -0.1) is 0 Å². The van der Waals surface area contributed by atoms with Crippen LogP contribution in [0.5, 0.6) is 5.75 Å². The van der Waals surface area contributed by atoms with Crippen LogP contribution in [0.4, 0.5) is 0 Å². The van der Waals surface area contributed by atoms with Crippen molar-refractivity contribution in [2.75, 3.05) is 13.2 Å². The summed E-state index contributed by atoms with van der Waals surface area (Å²) in [6.45, 7) is 1.53. The summed E-state index contributed by atoms with van der Waals surface area (Å²) >= 11 is 6.13.